The van der Waals surface area contributed by atoms with Crippen LogP contribution < -0.4 is 10.6 Å². The van der Waals surface area contributed by atoms with Gasteiger partial charge in [-0.25, -0.2) is 4.99 Å². The Morgan fingerprint density at radius 3 is 2.44 bits per heavy atom. The smallest absolute Gasteiger partial charge is 0.328 e. The molecule has 1 saturated heterocycles. The molecular weight excluding hydrogens is 324 g/mol. The highest BCUT2D eigenvalue weighted by Crippen LogP contribution is 2.08. The molecule has 0 aromatic rings. The van der Waals surface area contributed by atoms with Gasteiger partial charge in [0.25, 0.3) is 0 Å². The Balaban J connectivity index is 2.49. The Hall–Kier alpha value is -1.38. The van der Waals surface area contributed by atoms with Crippen molar-refractivity contribution in [2.45, 2.75) is 45.8 Å². The van der Waals surface area contributed by atoms with Crippen molar-refractivity contribution in [2.75, 3.05) is 52.5 Å². The van der Waals surface area contributed by atoms with E-state index in [2.05, 4.69) is 20.5 Å². The monoisotopic (exact) mass is 358 g/mol. The SMILES string of the molecule is CCNC(=NCC(=O)OC(C)(C)C)NCC(C)(O)CN1CCOCC1. The van der Waals surface area contributed by atoms with E-state index in [4.69, 9.17) is 9.47 Å². The van der Waals surface area contributed by atoms with Crippen LogP contribution in [0.15, 0.2) is 4.99 Å². The van der Waals surface area contributed by atoms with E-state index >= 15 is 0 Å². The number of morpholine rings is 1. The van der Waals surface area contributed by atoms with E-state index in [9.17, 15) is 9.90 Å². The van der Waals surface area contributed by atoms with E-state index in [1.807, 2.05) is 27.7 Å². The molecule has 1 atom stereocenters. The van der Waals surface area contributed by atoms with Crippen molar-refractivity contribution in [3.8, 4) is 0 Å². The third kappa shape index (κ3) is 10.3. The maximum atomic E-state index is 11.8. The molecule has 146 valence electrons. The predicted molar refractivity (Wildman–Crippen MR) is 97.7 cm³/mol. The lowest BCUT2D eigenvalue weighted by Gasteiger charge is -2.34. The molecule has 1 unspecified atom stereocenters. The van der Waals surface area contributed by atoms with E-state index in [-0.39, 0.29) is 12.5 Å². The molecule has 0 spiro atoms. The third-order valence-corrected chi connectivity index (χ3v) is 3.44. The molecule has 8 nitrogen and oxygen atoms in total. The molecule has 0 radical (unpaired) electrons. The van der Waals surface area contributed by atoms with Crippen molar-refractivity contribution in [1.29, 1.82) is 0 Å². The lowest BCUT2D eigenvalue weighted by Crippen LogP contribution is -2.53. The van der Waals surface area contributed by atoms with Crippen LogP contribution in [0.2, 0.25) is 0 Å². The Morgan fingerprint density at radius 2 is 1.88 bits per heavy atom. The maximum absolute atomic E-state index is 11.8. The van der Waals surface area contributed by atoms with E-state index in [0.717, 1.165) is 13.1 Å². The van der Waals surface area contributed by atoms with Crippen molar-refractivity contribution < 1.29 is 19.4 Å². The van der Waals surface area contributed by atoms with Crippen LogP contribution in [-0.2, 0) is 14.3 Å². The number of carbonyl (C=O) groups excluding carboxylic acids is 1. The topological polar surface area (TPSA) is 95.4 Å². The largest absolute Gasteiger partial charge is 0.459 e. The van der Waals surface area contributed by atoms with Gasteiger partial charge in [-0.2, -0.15) is 0 Å². The molecule has 0 saturated carbocycles. The highest BCUT2D eigenvalue weighted by Gasteiger charge is 2.25. The fourth-order valence-electron chi connectivity index (χ4n) is 2.43. The standard InChI is InChI=1S/C17H34N4O4/c1-6-18-15(19-11-14(22)25-16(2,3)4)20-12-17(5,23)13-21-7-9-24-10-8-21/h23H,6-13H2,1-5H3,(H2,18,19,20). The van der Waals surface area contributed by atoms with Crippen LogP contribution in [0.3, 0.4) is 0 Å². The summed E-state index contributed by atoms with van der Waals surface area (Å²) in [7, 11) is 0. The second kappa shape index (κ2) is 9.94. The van der Waals surface area contributed by atoms with Gasteiger partial charge in [-0.3, -0.25) is 9.69 Å². The van der Waals surface area contributed by atoms with Crippen LogP contribution in [0.1, 0.15) is 34.6 Å². The first kappa shape index (κ1) is 21.7. The molecule has 8 heteroatoms. The molecule has 1 rings (SSSR count). The normalized spacial score (nSPS) is 19.2. The molecule has 0 amide bonds. The first-order valence-electron chi connectivity index (χ1n) is 8.88. The van der Waals surface area contributed by atoms with Gasteiger partial charge in [0.1, 0.15) is 12.1 Å². The van der Waals surface area contributed by atoms with Gasteiger partial charge in [-0.1, -0.05) is 0 Å². The number of guanidine groups is 1. The number of carbonyl (C=O) groups is 1. The van der Waals surface area contributed by atoms with Crippen LogP contribution >= 0.6 is 0 Å². The van der Waals surface area contributed by atoms with Crippen molar-refractivity contribution in [3.63, 3.8) is 0 Å². The van der Waals surface area contributed by atoms with Crippen LogP contribution in [-0.4, -0.2) is 85.6 Å². The summed E-state index contributed by atoms with van der Waals surface area (Å²) in [5.74, 6) is 0.0976. The van der Waals surface area contributed by atoms with Crippen molar-refractivity contribution in [2.24, 2.45) is 4.99 Å². The highest BCUT2D eigenvalue weighted by molar-refractivity contribution is 5.83. The second-order valence-electron chi connectivity index (χ2n) is 7.52. The van der Waals surface area contributed by atoms with Crippen molar-refractivity contribution >= 4 is 11.9 Å². The summed E-state index contributed by atoms with van der Waals surface area (Å²) in [5, 5.41) is 16.8. The average molecular weight is 358 g/mol. The first-order valence-corrected chi connectivity index (χ1v) is 8.88. The minimum atomic E-state index is -0.917. The lowest BCUT2D eigenvalue weighted by molar-refractivity contribution is -0.152. The molecular formula is C17H34N4O4. The molecule has 25 heavy (non-hydrogen) atoms. The van der Waals surface area contributed by atoms with Gasteiger partial charge in [-0.15, -0.1) is 0 Å². The fourth-order valence-corrected chi connectivity index (χ4v) is 2.43. The molecule has 1 fully saturated rings. The Labute approximate surface area is 151 Å². The Bertz CT molecular complexity index is 440. The highest BCUT2D eigenvalue weighted by atomic mass is 16.6. The molecule has 0 aromatic carbocycles. The summed E-state index contributed by atoms with van der Waals surface area (Å²) in [6.07, 6.45) is 0. The zero-order chi connectivity index (χ0) is 18.9. The number of β-amino-alcohol motifs (C(OH)–C–C–N with tert-alkyl or cyclic N) is 1. The van der Waals surface area contributed by atoms with E-state index in [1.165, 1.54) is 0 Å². The van der Waals surface area contributed by atoms with Gasteiger partial charge >= 0.3 is 5.97 Å². The predicted octanol–water partition coefficient (Wildman–Crippen LogP) is -0.0336. The van der Waals surface area contributed by atoms with Crippen LogP contribution in [0.4, 0.5) is 0 Å². The van der Waals surface area contributed by atoms with Crippen molar-refractivity contribution in [3.05, 3.63) is 0 Å². The number of esters is 1. The maximum Gasteiger partial charge on any atom is 0.328 e. The van der Waals surface area contributed by atoms with Gasteiger partial charge in [0.05, 0.1) is 18.8 Å². The number of aliphatic imine (C=N–C) groups is 1. The minimum absolute atomic E-state index is 0.0712. The summed E-state index contributed by atoms with van der Waals surface area (Å²) < 4.78 is 10.6. The molecule has 0 aliphatic carbocycles. The summed E-state index contributed by atoms with van der Waals surface area (Å²) in [6.45, 7) is 13.7. The average Bonchev–Trinajstić information content (AvgIpc) is 2.49. The number of ether oxygens (including phenoxy) is 2. The Morgan fingerprint density at radius 1 is 1.24 bits per heavy atom. The summed E-state index contributed by atoms with van der Waals surface area (Å²) >= 11 is 0. The van der Waals surface area contributed by atoms with Gasteiger partial charge in [0, 0.05) is 32.7 Å². The van der Waals surface area contributed by atoms with E-state index < -0.39 is 11.2 Å². The van der Waals surface area contributed by atoms with Gasteiger partial charge in [0.2, 0.25) is 0 Å². The lowest BCUT2D eigenvalue weighted by atomic mass is 10.1. The second-order valence-corrected chi connectivity index (χ2v) is 7.52. The number of hydrogen-bond acceptors (Lipinski definition) is 6. The summed E-state index contributed by atoms with van der Waals surface area (Å²) in [4.78, 5) is 18.2. The number of rotatable bonds is 7. The summed E-state index contributed by atoms with van der Waals surface area (Å²) in [6, 6.07) is 0. The van der Waals surface area contributed by atoms with E-state index in [0.29, 0.717) is 38.8 Å². The van der Waals surface area contributed by atoms with Crippen LogP contribution in [0, 0.1) is 0 Å². The zero-order valence-electron chi connectivity index (χ0n) is 16.2. The van der Waals surface area contributed by atoms with Gasteiger partial charge in [0.15, 0.2) is 5.96 Å². The fraction of sp³-hybridized carbons (Fsp3) is 0.882. The summed E-state index contributed by atoms with van der Waals surface area (Å²) in [5.41, 5.74) is -1.44. The minimum Gasteiger partial charge on any atom is -0.459 e. The van der Waals surface area contributed by atoms with Crippen molar-refractivity contribution in [1.82, 2.24) is 15.5 Å². The molecule has 0 aromatic heterocycles. The molecule has 0 bridgehead atoms. The van der Waals surface area contributed by atoms with Gasteiger partial charge < -0.3 is 25.2 Å². The van der Waals surface area contributed by atoms with Gasteiger partial charge in [-0.05, 0) is 34.6 Å². The first-order chi connectivity index (χ1) is 11.6. The van der Waals surface area contributed by atoms with Crippen LogP contribution in [0.25, 0.3) is 0 Å². The van der Waals surface area contributed by atoms with E-state index in [1.54, 1.807) is 6.92 Å². The Kier molecular flexibility index (Phi) is 8.61. The molecule has 3 N–H and O–H groups in total. The zero-order valence-corrected chi connectivity index (χ0v) is 16.2. The number of hydrogen-bond donors (Lipinski definition) is 3. The quantitative estimate of drug-likeness (QED) is 0.334. The number of aliphatic hydroxyl groups is 1. The van der Waals surface area contributed by atoms with Crippen LogP contribution in [0.5, 0.6) is 0 Å². The number of nitrogens with one attached hydrogen (secondary N) is 2. The third-order valence-electron chi connectivity index (χ3n) is 3.44. The molecule has 1 aliphatic heterocycles. The molecule has 1 aliphatic rings. The number of nitrogens with zero attached hydrogens (tertiary/aromatic N) is 2. The molecule has 1 heterocycles.